The van der Waals surface area contributed by atoms with Crippen LogP contribution in [0.4, 0.5) is 0 Å². The van der Waals surface area contributed by atoms with Crippen LogP contribution in [0, 0.1) is 5.92 Å². The van der Waals surface area contributed by atoms with Crippen molar-refractivity contribution in [3.05, 3.63) is 0 Å². The summed E-state index contributed by atoms with van der Waals surface area (Å²) in [4.78, 5) is 24.8. The van der Waals surface area contributed by atoms with Gasteiger partial charge in [0.15, 0.2) is 0 Å². The van der Waals surface area contributed by atoms with Crippen LogP contribution in [0.5, 0.6) is 0 Å². The Morgan fingerprint density at radius 2 is 2.12 bits per heavy atom. The summed E-state index contributed by atoms with van der Waals surface area (Å²) in [5, 5.41) is 12.1. The van der Waals surface area contributed by atoms with Crippen LogP contribution in [0.3, 0.4) is 0 Å². The molecule has 0 aromatic heterocycles. The standard InChI is InChI=1S/C12H20N2O3/c15-11(16)7-10-4-2-6-14(10)12(17)9-3-1-5-13-8-9/h9-10,13H,1-8H2,(H,15,16). The highest BCUT2D eigenvalue weighted by Gasteiger charge is 2.34. The van der Waals surface area contributed by atoms with E-state index in [4.69, 9.17) is 5.11 Å². The number of hydrogen-bond acceptors (Lipinski definition) is 3. The number of piperidine rings is 1. The fraction of sp³-hybridized carbons (Fsp3) is 0.833. The van der Waals surface area contributed by atoms with Crippen LogP contribution in [0.25, 0.3) is 0 Å². The van der Waals surface area contributed by atoms with Crippen LogP contribution in [0.2, 0.25) is 0 Å². The zero-order valence-electron chi connectivity index (χ0n) is 10.0. The number of likely N-dealkylation sites (tertiary alicyclic amines) is 1. The summed E-state index contributed by atoms with van der Waals surface area (Å²) in [6, 6.07) is -0.0815. The first-order chi connectivity index (χ1) is 8.18. The third-order valence-corrected chi connectivity index (χ3v) is 3.72. The second kappa shape index (κ2) is 5.49. The molecular formula is C12H20N2O3. The Hall–Kier alpha value is -1.10. The SMILES string of the molecule is O=C(O)CC1CCCN1C(=O)C1CCCNC1. The van der Waals surface area contributed by atoms with E-state index in [9.17, 15) is 9.59 Å². The molecular weight excluding hydrogens is 220 g/mol. The van der Waals surface area contributed by atoms with Crippen molar-refractivity contribution in [2.45, 2.75) is 38.1 Å². The van der Waals surface area contributed by atoms with Crippen LogP contribution >= 0.6 is 0 Å². The van der Waals surface area contributed by atoms with Gasteiger partial charge in [0.05, 0.1) is 12.3 Å². The molecule has 96 valence electrons. The van der Waals surface area contributed by atoms with E-state index in [0.717, 1.165) is 45.3 Å². The highest BCUT2D eigenvalue weighted by Crippen LogP contribution is 2.24. The number of rotatable bonds is 3. The molecule has 0 radical (unpaired) electrons. The lowest BCUT2D eigenvalue weighted by molar-refractivity contribution is -0.141. The predicted molar refractivity (Wildman–Crippen MR) is 62.6 cm³/mol. The van der Waals surface area contributed by atoms with Crippen molar-refractivity contribution >= 4 is 11.9 Å². The van der Waals surface area contributed by atoms with Gasteiger partial charge in [0.2, 0.25) is 5.91 Å². The molecule has 2 rings (SSSR count). The Morgan fingerprint density at radius 3 is 2.76 bits per heavy atom. The normalized spacial score (nSPS) is 29.3. The molecule has 5 nitrogen and oxygen atoms in total. The van der Waals surface area contributed by atoms with E-state index in [0.29, 0.717) is 0 Å². The number of carboxylic acids is 1. The second-order valence-corrected chi connectivity index (χ2v) is 4.97. The lowest BCUT2D eigenvalue weighted by atomic mass is 9.97. The first kappa shape index (κ1) is 12.4. The summed E-state index contributed by atoms with van der Waals surface area (Å²) in [7, 11) is 0. The molecule has 2 atom stereocenters. The summed E-state index contributed by atoms with van der Waals surface area (Å²) in [6.07, 6.45) is 3.82. The smallest absolute Gasteiger partial charge is 0.305 e. The van der Waals surface area contributed by atoms with E-state index >= 15 is 0 Å². The largest absolute Gasteiger partial charge is 0.481 e. The zero-order chi connectivity index (χ0) is 12.3. The zero-order valence-corrected chi connectivity index (χ0v) is 10.0. The number of carboxylic acid groups (broad SMARTS) is 1. The van der Waals surface area contributed by atoms with Gasteiger partial charge in [0, 0.05) is 19.1 Å². The minimum absolute atomic E-state index is 0.0538. The molecule has 0 aromatic rings. The lowest BCUT2D eigenvalue weighted by Crippen LogP contribution is -2.45. The third kappa shape index (κ3) is 2.97. The van der Waals surface area contributed by atoms with Gasteiger partial charge in [-0.05, 0) is 32.2 Å². The van der Waals surface area contributed by atoms with Crippen molar-refractivity contribution in [1.82, 2.24) is 10.2 Å². The van der Waals surface area contributed by atoms with E-state index in [1.807, 2.05) is 0 Å². The summed E-state index contributed by atoms with van der Waals surface area (Å²) < 4.78 is 0. The first-order valence-electron chi connectivity index (χ1n) is 6.41. The molecule has 2 saturated heterocycles. The van der Waals surface area contributed by atoms with Gasteiger partial charge in [-0.3, -0.25) is 9.59 Å². The fourth-order valence-electron chi connectivity index (χ4n) is 2.84. The van der Waals surface area contributed by atoms with Crippen molar-refractivity contribution in [2.75, 3.05) is 19.6 Å². The average Bonchev–Trinajstić information content (AvgIpc) is 2.76. The van der Waals surface area contributed by atoms with Crippen molar-refractivity contribution in [1.29, 1.82) is 0 Å². The van der Waals surface area contributed by atoms with Gasteiger partial charge < -0.3 is 15.3 Å². The Bertz CT molecular complexity index is 300. The minimum atomic E-state index is -0.809. The molecule has 0 saturated carbocycles. The van der Waals surface area contributed by atoms with Gasteiger partial charge in [-0.15, -0.1) is 0 Å². The number of nitrogens with one attached hydrogen (secondary N) is 1. The van der Waals surface area contributed by atoms with E-state index < -0.39 is 5.97 Å². The molecule has 5 heteroatoms. The van der Waals surface area contributed by atoms with E-state index in [1.165, 1.54) is 0 Å². The quantitative estimate of drug-likeness (QED) is 0.751. The van der Waals surface area contributed by atoms with Gasteiger partial charge in [-0.2, -0.15) is 0 Å². The molecule has 0 aromatic carbocycles. The van der Waals surface area contributed by atoms with Gasteiger partial charge in [-0.25, -0.2) is 0 Å². The van der Waals surface area contributed by atoms with Crippen molar-refractivity contribution < 1.29 is 14.7 Å². The fourth-order valence-corrected chi connectivity index (χ4v) is 2.84. The minimum Gasteiger partial charge on any atom is -0.481 e. The number of carbonyl (C=O) groups excluding carboxylic acids is 1. The number of hydrogen-bond donors (Lipinski definition) is 2. The maximum absolute atomic E-state index is 12.3. The maximum Gasteiger partial charge on any atom is 0.305 e. The lowest BCUT2D eigenvalue weighted by Gasteiger charge is -2.30. The van der Waals surface area contributed by atoms with Crippen LogP contribution in [-0.2, 0) is 9.59 Å². The summed E-state index contributed by atoms with van der Waals surface area (Å²) in [5.74, 6) is -0.601. The molecule has 0 aliphatic carbocycles. The van der Waals surface area contributed by atoms with Crippen molar-refractivity contribution in [3.8, 4) is 0 Å². The van der Waals surface area contributed by atoms with Gasteiger partial charge in [0.1, 0.15) is 0 Å². The molecule has 1 amide bonds. The van der Waals surface area contributed by atoms with Crippen LogP contribution in [0.15, 0.2) is 0 Å². The van der Waals surface area contributed by atoms with Crippen molar-refractivity contribution in [3.63, 3.8) is 0 Å². The van der Waals surface area contributed by atoms with Gasteiger partial charge in [-0.1, -0.05) is 0 Å². The summed E-state index contributed by atoms with van der Waals surface area (Å²) in [6.45, 7) is 2.46. The number of nitrogens with zero attached hydrogens (tertiary/aromatic N) is 1. The van der Waals surface area contributed by atoms with E-state index in [-0.39, 0.29) is 24.3 Å². The van der Waals surface area contributed by atoms with Crippen LogP contribution in [0.1, 0.15) is 32.1 Å². The highest BCUT2D eigenvalue weighted by atomic mass is 16.4. The Kier molecular flexibility index (Phi) is 3.99. The summed E-state index contributed by atoms with van der Waals surface area (Å²) >= 11 is 0. The first-order valence-corrected chi connectivity index (χ1v) is 6.41. The molecule has 17 heavy (non-hydrogen) atoms. The predicted octanol–water partition coefficient (Wildman–Crippen LogP) is 0.452. The Labute approximate surface area is 101 Å². The topological polar surface area (TPSA) is 69.6 Å². The monoisotopic (exact) mass is 240 g/mol. The molecule has 2 fully saturated rings. The average molecular weight is 240 g/mol. The molecule has 2 heterocycles. The van der Waals surface area contributed by atoms with E-state index in [2.05, 4.69) is 5.32 Å². The number of carbonyl (C=O) groups is 2. The van der Waals surface area contributed by atoms with Gasteiger partial charge >= 0.3 is 5.97 Å². The van der Waals surface area contributed by atoms with Crippen LogP contribution in [-0.4, -0.2) is 47.6 Å². The second-order valence-electron chi connectivity index (χ2n) is 4.97. The Morgan fingerprint density at radius 1 is 1.29 bits per heavy atom. The molecule has 2 N–H and O–H groups in total. The molecule has 2 aliphatic heterocycles. The molecule has 0 bridgehead atoms. The van der Waals surface area contributed by atoms with Gasteiger partial charge in [0.25, 0.3) is 0 Å². The van der Waals surface area contributed by atoms with Crippen molar-refractivity contribution in [2.24, 2.45) is 5.92 Å². The van der Waals surface area contributed by atoms with Crippen LogP contribution < -0.4 is 5.32 Å². The number of amides is 1. The molecule has 2 aliphatic rings. The highest BCUT2D eigenvalue weighted by molar-refractivity contribution is 5.80. The third-order valence-electron chi connectivity index (χ3n) is 3.72. The molecule has 2 unspecified atom stereocenters. The maximum atomic E-state index is 12.3. The number of aliphatic carboxylic acids is 1. The van der Waals surface area contributed by atoms with E-state index in [1.54, 1.807) is 4.90 Å². The Balaban J connectivity index is 1.94. The summed E-state index contributed by atoms with van der Waals surface area (Å²) in [5.41, 5.74) is 0. The molecule has 0 spiro atoms.